The van der Waals surface area contributed by atoms with Crippen LogP contribution in [0.5, 0.6) is 5.75 Å². The number of rotatable bonds is 7. The average molecular weight is 396 g/mol. The molecule has 146 valence electrons. The Balaban J connectivity index is 1.88. The van der Waals surface area contributed by atoms with Crippen molar-refractivity contribution in [1.82, 2.24) is 4.98 Å². The molecule has 27 heavy (non-hydrogen) atoms. The molecule has 0 aromatic carbocycles. The number of ether oxygens (including phenoxy) is 2. The fourth-order valence-electron chi connectivity index (χ4n) is 3.52. The second kappa shape index (κ2) is 8.32. The topological polar surface area (TPSA) is 31.4 Å². The van der Waals surface area contributed by atoms with Gasteiger partial charge in [0, 0.05) is 42.5 Å². The summed E-state index contributed by atoms with van der Waals surface area (Å²) in [6, 6.07) is 6.30. The first-order chi connectivity index (χ1) is 17.0. The number of methoxy groups -OCH3 is 1. The van der Waals surface area contributed by atoms with Gasteiger partial charge < -0.3 is 9.47 Å². The summed E-state index contributed by atoms with van der Waals surface area (Å²) in [6.07, 6.45) is -12.5. The lowest BCUT2D eigenvalue weighted by Crippen LogP contribution is -2.46. The summed E-state index contributed by atoms with van der Waals surface area (Å²) < 4.78 is 100. The molecular weight excluding hydrogens is 354 g/mol. The molecule has 1 aliphatic heterocycles. The van der Waals surface area contributed by atoms with Gasteiger partial charge in [-0.25, -0.2) is 0 Å². The van der Waals surface area contributed by atoms with Crippen molar-refractivity contribution in [3.8, 4) is 5.75 Å². The molecule has 1 spiro atoms. The van der Waals surface area contributed by atoms with Crippen molar-refractivity contribution in [2.45, 2.75) is 75.0 Å². The van der Waals surface area contributed by atoms with Crippen molar-refractivity contribution in [3.63, 3.8) is 0 Å². The molecule has 3 nitrogen and oxygen atoms in total. The van der Waals surface area contributed by atoms with Gasteiger partial charge in [-0.1, -0.05) is 25.3 Å². The van der Waals surface area contributed by atoms with Crippen molar-refractivity contribution in [1.29, 1.82) is 0 Å². The van der Waals surface area contributed by atoms with Crippen molar-refractivity contribution in [3.05, 3.63) is 46.4 Å². The molecule has 1 atom stereocenters. The molecule has 2 fully saturated rings. The average Bonchev–Trinajstić information content (AvgIpc) is 3.34. The number of aryl methyl sites for hydroxylation is 1. The zero-order valence-electron chi connectivity index (χ0n) is 25.4. The van der Waals surface area contributed by atoms with Crippen LogP contribution in [0, 0.1) is 0 Å². The fourth-order valence-corrected chi connectivity index (χ4v) is 4.36. The summed E-state index contributed by atoms with van der Waals surface area (Å²) >= 11 is 1.40. The van der Waals surface area contributed by atoms with E-state index in [0.717, 1.165) is 4.88 Å². The van der Waals surface area contributed by atoms with E-state index in [2.05, 4.69) is 4.98 Å². The van der Waals surface area contributed by atoms with E-state index >= 15 is 0 Å². The molecule has 0 N–H and O–H groups in total. The van der Waals surface area contributed by atoms with Crippen LogP contribution in [0.4, 0.5) is 0 Å². The first-order valence-corrected chi connectivity index (χ1v) is 10.0. The SMILES string of the molecule is [2H]C([2H])(CCc1sccc1OC)C[C@@]1(c2ccccn2)C([2H])([2H])COC2(C([2H])([2H])CCC2([2H])[2H])C1([2H])[2H]. The van der Waals surface area contributed by atoms with E-state index in [-0.39, 0.29) is 31.4 Å². The predicted molar refractivity (Wildman–Crippen MR) is 111 cm³/mol. The van der Waals surface area contributed by atoms with Crippen LogP contribution in [0.15, 0.2) is 35.8 Å². The quantitative estimate of drug-likeness (QED) is 0.582. The summed E-state index contributed by atoms with van der Waals surface area (Å²) in [7, 11) is 1.52. The van der Waals surface area contributed by atoms with Gasteiger partial charge in [0.25, 0.3) is 0 Å². The van der Waals surface area contributed by atoms with E-state index in [1.54, 1.807) is 18.2 Å². The lowest BCUT2D eigenvalue weighted by molar-refractivity contribution is -0.104. The Hall–Kier alpha value is -1.39. The van der Waals surface area contributed by atoms with Crippen molar-refractivity contribution in [2.75, 3.05) is 13.7 Å². The highest BCUT2D eigenvalue weighted by Crippen LogP contribution is 2.50. The molecule has 2 aromatic rings. The summed E-state index contributed by atoms with van der Waals surface area (Å²) in [5, 5.41) is 1.82. The minimum absolute atomic E-state index is 0.0851. The first kappa shape index (κ1) is 10.4. The van der Waals surface area contributed by atoms with E-state index < -0.39 is 55.9 Å². The van der Waals surface area contributed by atoms with E-state index in [9.17, 15) is 2.74 Å². The number of hydrogen-bond acceptors (Lipinski definition) is 4. The predicted octanol–water partition coefficient (Wildman–Crippen LogP) is 5.93. The Morgan fingerprint density at radius 2 is 2.19 bits per heavy atom. The summed E-state index contributed by atoms with van der Waals surface area (Å²) in [5.41, 5.74) is -5.14. The summed E-state index contributed by atoms with van der Waals surface area (Å²) in [5.74, 6) is 0.614. The fraction of sp³-hybridized carbons (Fsp3) is 0.609. The van der Waals surface area contributed by atoms with E-state index in [1.165, 1.54) is 30.7 Å². The molecule has 2 aromatic heterocycles. The monoisotopic (exact) mass is 395 g/mol. The van der Waals surface area contributed by atoms with E-state index in [0.29, 0.717) is 5.75 Å². The van der Waals surface area contributed by atoms with Gasteiger partial charge in [-0.2, -0.15) is 0 Å². The Morgan fingerprint density at radius 3 is 2.96 bits per heavy atom. The van der Waals surface area contributed by atoms with Crippen molar-refractivity contribution in [2.24, 2.45) is 0 Å². The molecular formula is C23H31NO2S. The van der Waals surface area contributed by atoms with Gasteiger partial charge in [-0.3, -0.25) is 4.98 Å². The molecule has 1 aliphatic carbocycles. The first-order valence-electron chi connectivity index (χ1n) is 14.2. The number of pyridine rings is 1. The van der Waals surface area contributed by atoms with Gasteiger partial charge in [0.15, 0.2) is 0 Å². The smallest absolute Gasteiger partial charge is 0.132 e. The lowest BCUT2D eigenvalue weighted by Gasteiger charge is -2.46. The summed E-state index contributed by atoms with van der Waals surface area (Å²) in [4.78, 5) is 5.07. The van der Waals surface area contributed by atoms with Crippen LogP contribution < -0.4 is 4.74 Å². The van der Waals surface area contributed by atoms with Gasteiger partial charge in [0.1, 0.15) is 5.75 Å². The number of aromatic nitrogens is 1. The van der Waals surface area contributed by atoms with Crippen molar-refractivity contribution < 1.29 is 23.2 Å². The van der Waals surface area contributed by atoms with Crippen LogP contribution >= 0.6 is 11.3 Å². The van der Waals surface area contributed by atoms with Crippen LogP contribution in [0.2, 0.25) is 0 Å². The molecule has 0 amide bonds. The third kappa shape index (κ3) is 4.07. The molecule has 0 radical (unpaired) electrons. The molecule has 3 heterocycles. The molecule has 0 unspecified atom stereocenters. The van der Waals surface area contributed by atoms with Crippen LogP contribution in [0.25, 0.3) is 0 Å². The Kier molecular flexibility index (Phi) is 3.21. The summed E-state index contributed by atoms with van der Waals surface area (Å²) in [6.45, 7) is -0.809. The number of thiophene rings is 1. The normalized spacial score (nSPS) is 37.8. The highest BCUT2D eigenvalue weighted by Gasteiger charge is 2.48. The minimum Gasteiger partial charge on any atom is -0.496 e. The second-order valence-corrected chi connectivity index (χ2v) is 7.59. The molecule has 0 bridgehead atoms. The zero-order valence-corrected chi connectivity index (χ0v) is 16.2. The van der Waals surface area contributed by atoms with Gasteiger partial charge in [0.05, 0.1) is 12.7 Å². The van der Waals surface area contributed by atoms with Crippen LogP contribution in [-0.2, 0) is 16.6 Å². The second-order valence-electron chi connectivity index (χ2n) is 6.58. The number of nitrogens with zero attached hydrogens (tertiary/aromatic N) is 1. The Bertz CT molecular complexity index is 1110. The zero-order chi connectivity index (χ0) is 27.5. The maximum atomic E-state index is 9.39. The van der Waals surface area contributed by atoms with Gasteiger partial charge in [-0.05, 0) is 68.3 Å². The molecule has 2 aliphatic rings. The Morgan fingerprint density at radius 1 is 1.30 bits per heavy atom. The lowest BCUT2D eigenvalue weighted by atomic mass is 9.67. The third-order valence-corrected chi connectivity index (χ3v) is 5.83. The van der Waals surface area contributed by atoms with Gasteiger partial charge in [0.2, 0.25) is 0 Å². The van der Waals surface area contributed by atoms with Gasteiger partial charge >= 0.3 is 0 Å². The molecule has 4 heteroatoms. The van der Waals surface area contributed by atoms with Crippen LogP contribution in [-0.4, -0.2) is 24.3 Å². The standard InChI is InChI=1S/C23H31NO2S/c1-25-19-10-17-27-20(19)8-2-4-11-22(21-9-3-7-15-24-21)14-16-26-23(18-22)12-5-6-13-23/h3,7,9-10,15,17H,2,4-6,8,11-14,16,18H2,1H3/t22-/m1/s1/i4D2,12D2,13D2,14D2,18D2. The molecule has 1 saturated heterocycles. The van der Waals surface area contributed by atoms with Crippen molar-refractivity contribution >= 4 is 11.3 Å². The molecule has 4 rings (SSSR count). The highest BCUT2D eigenvalue weighted by atomic mass is 32.1. The van der Waals surface area contributed by atoms with E-state index in [1.807, 2.05) is 5.38 Å². The van der Waals surface area contributed by atoms with E-state index in [4.69, 9.17) is 20.4 Å². The van der Waals surface area contributed by atoms with Gasteiger partial charge in [-0.15, -0.1) is 11.3 Å². The Labute approximate surface area is 181 Å². The highest BCUT2D eigenvalue weighted by molar-refractivity contribution is 7.10. The maximum Gasteiger partial charge on any atom is 0.132 e. The minimum atomic E-state index is -3.03. The third-order valence-electron chi connectivity index (χ3n) is 4.87. The van der Waals surface area contributed by atoms with Crippen LogP contribution in [0.1, 0.15) is 81.8 Å². The largest absolute Gasteiger partial charge is 0.496 e. The maximum absolute atomic E-state index is 9.39. The molecule has 1 saturated carbocycles. The number of hydrogen-bond donors (Lipinski definition) is 0. The van der Waals surface area contributed by atoms with Crippen LogP contribution in [0.3, 0.4) is 0 Å².